The number of hydrogen-bond donors (Lipinski definition) is 3. The van der Waals surface area contributed by atoms with Crippen molar-refractivity contribution < 1.29 is 38.1 Å². The lowest BCUT2D eigenvalue weighted by Crippen LogP contribution is -2.52. The van der Waals surface area contributed by atoms with Gasteiger partial charge in [0.15, 0.2) is 5.82 Å². The first kappa shape index (κ1) is 47.4. The number of β-amino-alcohol motifs (C(OH)–C–C–N with tert-alkyl or cyclic N) is 1. The molecule has 5 aromatic rings. The molecule has 3 amide bonds. The van der Waals surface area contributed by atoms with Gasteiger partial charge in [-0.05, 0) is 141 Å². The SMILES string of the molecule is CCc1c(F)ccc2cc(O)cc(-c3ncc4c(N5CCC[C@@](C)(O)C5)cc(OCC5(CN6CCC(C)(CN7CCN(c8ccc9c(c8)CN([C@@H]8CCC(=O)NC8=O)C9=O)CC7)CC6)CC5)cc4c3F)c12. The quantitative estimate of drug-likeness (QED) is 0.106. The second-order valence-electron chi connectivity index (χ2n) is 22.2. The summed E-state index contributed by atoms with van der Waals surface area (Å²) in [4.78, 5) is 53.5. The number of aromatic hydroxyl groups is 1. The number of nitrogens with zero attached hydrogens (tertiary/aromatic N) is 6. The van der Waals surface area contributed by atoms with Gasteiger partial charge in [-0.25, -0.2) is 8.78 Å². The van der Waals surface area contributed by atoms with Crippen LogP contribution in [0.2, 0.25) is 0 Å². The monoisotopic (exact) mass is 969 g/mol. The second-order valence-corrected chi connectivity index (χ2v) is 22.2. The Kier molecular flexibility index (Phi) is 12.2. The molecule has 0 unspecified atom stereocenters. The smallest absolute Gasteiger partial charge is 0.255 e. The Bertz CT molecular complexity index is 2940. The Morgan fingerprint density at radius 2 is 1.61 bits per heavy atom. The lowest BCUT2D eigenvalue weighted by molar-refractivity contribution is -0.136. The summed E-state index contributed by atoms with van der Waals surface area (Å²) in [5.41, 5.74) is 3.51. The van der Waals surface area contributed by atoms with Gasteiger partial charge in [0.25, 0.3) is 5.91 Å². The highest BCUT2D eigenvalue weighted by Gasteiger charge is 2.46. The van der Waals surface area contributed by atoms with Gasteiger partial charge in [0.05, 0.1) is 17.9 Å². The number of halogens is 2. The van der Waals surface area contributed by atoms with Crippen LogP contribution >= 0.6 is 0 Å². The number of ether oxygens (including phenoxy) is 1. The topological polar surface area (TPSA) is 142 Å². The number of carbonyl (C=O) groups is 3. The van der Waals surface area contributed by atoms with Crippen molar-refractivity contribution in [2.24, 2.45) is 10.8 Å². The Morgan fingerprint density at radius 3 is 2.34 bits per heavy atom. The van der Waals surface area contributed by atoms with Crippen LogP contribution in [-0.4, -0.2) is 131 Å². The number of hydrogen-bond acceptors (Lipinski definition) is 11. The lowest BCUT2D eigenvalue weighted by atomic mass is 9.79. The van der Waals surface area contributed by atoms with Gasteiger partial charge in [-0.15, -0.1) is 0 Å². The molecule has 5 fully saturated rings. The largest absolute Gasteiger partial charge is 0.508 e. The van der Waals surface area contributed by atoms with Gasteiger partial charge in [-0.3, -0.25) is 29.6 Å². The van der Waals surface area contributed by atoms with Gasteiger partial charge >= 0.3 is 0 Å². The molecule has 1 aromatic heterocycles. The van der Waals surface area contributed by atoms with Gasteiger partial charge in [0, 0.05) is 111 Å². The highest BCUT2D eigenvalue weighted by molar-refractivity contribution is 6.06. The fourth-order valence-corrected chi connectivity index (χ4v) is 12.3. The number of phenols is 1. The third-order valence-electron chi connectivity index (χ3n) is 16.7. The predicted octanol–water partition coefficient (Wildman–Crippen LogP) is 7.80. The average Bonchev–Trinajstić information content (AvgIpc) is 4.04. The maximum Gasteiger partial charge on any atom is 0.255 e. The number of nitrogens with one attached hydrogen (secondary N) is 1. The standard InChI is InChI=1S/C56H65F2N7O6/c1-4-40-45(57)9-6-35-25-38(66)26-43(49(35)40)51-50(58)42-27-39(28-47(44(42)29-59-51)64-17-5-12-55(3,70)32-64)71-34-56(13-14-56)33-61-18-15-54(2,16-19-61)31-62-20-22-63(23-21-62)37-7-8-41-36(24-37)30-65(53(41)69)46-10-11-48(67)60-52(46)68/h6-9,24-29,46,66,70H,4-5,10-23,30-34H2,1-3H3,(H,60,67,68)/t46-,55-/m1/s1. The molecule has 6 heterocycles. The first-order chi connectivity index (χ1) is 34.1. The van der Waals surface area contributed by atoms with Crippen molar-refractivity contribution in [3.05, 3.63) is 89.1 Å². The number of imide groups is 1. The van der Waals surface area contributed by atoms with E-state index >= 15 is 8.78 Å². The van der Waals surface area contributed by atoms with E-state index in [0.29, 0.717) is 89.5 Å². The van der Waals surface area contributed by atoms with Gasteiger partial charge in [-0.1, -0.05) is 19.9 Å². The van der Waals surface area contributed by atoms with Crippen LogP contribution < -0.4 is 19.9 Å². The molecular formula is C56H65F2N7O6. The number of amides is 3. The van der Waals surface area contributed by atoms with Crippen LogP contribution in [0.1, 0.15) is 93.6 Å². The number of benzene rings is 4. The van der Waals surface area contributed by atoms with Crippen molar-refractivity contribution in [2.75, 3.05) is 81.9 Å². The second kappa shape index (κ2) is 18.3. The Morgan fingerprint density at radius 1 is 0.831 bits per heavy atom. The van der Waals surface area contributed by atoms with Crippen LogP contribution in [0.25, 0.3) is 32.8 Å². The maximum absolute atomic E-state index is 17.3. The van der Waals surface area contributed by atoms with Crippen LogP contribution in [-0.2, 0) is 22.6 Å². The molecule has 4 aromatic carbocycles. The number of carbonyl (C=O) groups excluding carboxylic acids is 3. The van der Waals surface area contributed by atoms with Gasteiger partial charge in [-0.2, -0.15) is 0 Å². The fourth-order valence-electron chi connectivity index (χ4n) is 12.3. The lowest BCUT2D eigenvalue weighted by Gasteiger charge is -2.45. The maximum atomic E-state index is 17.3. The Hall–Kier alpha value is -5.90. The molecule has 4 saturated heterocycles. The molecule has 1 saturated carbocycles. The van der Waals surface area contributed by atoms with Crippen LogP contribution in [0.5, 0.6) is 11.5 Å². The minimum atomic E-state index is -0.909. The molecule has 2 atom stereocenters. The summed E-state index contributed by atoms with van der Waals surface area (Å²) in [6.45, 7) is 15.8. The number of pyridine rings is 1. The minimum Gasteiger partial charge on any atom is -0.508 e. The van der Waals surface area contributed by atoms with E-state index in [-0.39, 0.29) is 46.3 Å². The molecule has 11 rings (SSSR count). The number of aromatic nitrogens is 1. The summed E-state index contributed by atoms with van der Waals surface area (Å²) >= 11 is 0. The van der Waals surface area contributed by atoms with Crippen LogP contribution in [0.15, 0.2) is 60.8 Å². The zero-order chi connectivity index (χ0) is 49.4. The summed E-state index contributed by atoms with van der Waals surface area (Å²) in [5, 5.41) is 26.4. The average molecular weight is 970 g/mol. The molecule has 13 nitrogen and oxygen atoms in total. The Balaban J connectivity index is 0.733. The number of anilines is 2. The van der Waals surface area contributed by atoms with Crippen molar-refractivity contribution in [3.63, 3.8) is 0 Å². The number of likely N-dealkylation sites (tertiary alicyclic amines) is 1. The van der Waals surface area contributed by atoms with Crippen molar-refractivity contribution in [2.45, 2.75) is 96.7 Å². The number of phenolic OH excluding ortho intramolecular Hbond substituents is 1. The summed E-state index contributed by atoms with van der Waals surface area (Å²) in [5.74, 6) is -1.30. The van der Waals surface area contributed by atoms with E-state index < -0.39 is 23.4 Å². The van der Waals surface area contributed by atoms with E-state index in [9.17, 15) is 24.6 Å². The molecule has 0 bridgehead atoms. The highest BCUT2D eigenvalue weighted by Crippen LogP contribution is 2.49. The van der Waals surface area contributed by atoms with Crippen LogP contribution in [0.3, 0.4) is 0 Å². The van der Waals surface area contributed by atoms with Crippen molar-refractivity contribution in [1.29, 1.82) is 0 Å². The number of piperidine rings is 3. The van der Waals surface area contributed by atoms with E-state index in [1.165, 1.54) is 12.1 Å². The van der Waals surface area contributed by atoms with Crippen LogP contribution in [0.4, 0.5) is 20.2 Å². The highest BCUT2D eigenvalue weighted by atomic mass is 19.1. The molecule has 71 heavy (non-hydrogen) atoms. The third kappa shape index (κ3) is 9.29. The minimum absolute atomic E-state index is 0.00508. The molecule has 5 aliphatic heterocycles. The first-order valence-electron chi connectivity index (χ1n) is 25.7. The number of fused-ring (bicyclic) bond motifs is 3. The van der Waals surface area contributed by atoms with Crippen LogP contribution in [0, 0.1) is 22.5 Å². The molecule has 15 heteroatoms. The third-order valence-corrected chi connectivity index (χ3v) is 16.7. The van der Waals surface area contributed by atoms with Crippen molar-refractivity contribution >= 4 is 50.6 Å². The zero-order valence-corrected chi connectivity index (χ0v) is 41.2. The van der Waals surface area contributed by atoms with Gasteiger partial charge in [0.2, 0.25) is 11.8 Å². The Labute approximate surface area is 413 Å². The molecular weight excluding hydrogens is 905 g/mol. The number of aryl methyl sites for hydroxylation is 1. The van der Waals surface area contributed by atoms with Crippen molar-refractivity contribution in [1.82, 2.24) is 25.0 Å². The molecule has 3 N–H and O–H groups in total. The fraction of sp³-hybridized carbons (Fsp3) is 0.500. The van der Waals surface area contributed by atoms with E-state index in [0.717, 1.165) is 101 Å². The molecule has 374 valence electrons. The number of rotatable bonds is 12. The normalized spacial score (nSPS) is 23.7. The molecule has 0 spiro atoms. The van der Waals surface area contributed by atoms with Gasteiger partial charge in [0.1, 0.15) is 29.1 Å². The van der Waals surface area contributed by atoms with E-state index in [2.05, 4.69) is 42.9 Å². The molecule has 1 aliphatic carbocycles. The van der Waals surface area contributed by atoms with E-state index in [1.807, 2.05) is 32.0 Å². The summed E-state index contributed by atoms with van der Waals surface area (Å²) in [6, 6.07) is 15.1. The summed E-state index contributed by atoms with van der Waals surface area (Å²) in [7, 11) is 0. The first-order valence-corrected chi connectivity index (χ1v) is 25.7. The summed E-state index contributed by atoms with van der Waals surface area (Å²) < 4.78 is 39.2. The number of aliphatic hydroxyl groups is 1. The van der Waals surface area contributed by atoms with E-state index in [4.69, 9.17) is 4.74 Å². The van der Waals surface area contributed by atoms with Crippen molar-refractivity contribution in [3.8, 4) is 22.8 Å². The zero-order valence-electron chi connectivity index (χ0n) is 41.2. The van der Waals surface area contributed by atoms with Gasteiger partial charge < -0.3 is 34.5 Å². The van der Waals surface area contributed by atoms with E-state index in [1.54, 1.807) is 29.3 Å². The predicted molar refractivity (Wildman–Crippen MR) is 270 cm³/mol. The molecule has 6 aliphatic rings. The molecule has 0 radical (unpaired) electrons. The summed E-state index contributed by atoms with van der Waals surface area (Å²) in [6.07, 6.45) is 8.41. The number of piperazine rings is 1.